The number of aromatic amines is 1. The first-order valence-corrected chi connectivity index (χ1v) is 7.26. The Bertz CT molecular complexity index is 725. The van der Waals surface area contributed by atoms with Crippen molar-refractivity contribution in [3.8, 4) is 0 Å². The van der Waals surface area contributed by atoms with Crippen molar-refractivity contribution in [1.29, 1.82) is 0 Å². The summed E-state index contributed by atoms with van der Waals surface area (Å²) >= 11 is 0. The lowest BCUT2D eigenvalue weighted by molar-refractivity contribution is -0.384. The molecule has 1 amide bonds. The Morgan fingerprint density at radius 2 is 2.23 bits per heavy atom. The summed E-state index contributed by atoms with van der Waals surface area (Å²) in [4.78, 5) is 24.6. The van der Waals surface area contributed by atoms with Gasteiger partial charge in [-0.2, -0.15) is 0 Å². The van der Waals surface area contributed by atoms with Crippen molar-refractivity contribution in [1.82, 2.24) is 4.98 Å². The molecule has 7 heteroatoms. The summed E-state index contributed by atoms with van der Waals surface area (Å²) in [5, 5.41) is 11.8. The number of nitrogens with one attached hydrogen (secondary N) is 1. The van der Waals surface area contributed by atoms with Gasteiger partial charge in [0, 0.05) is 29.2 Å². The van der Waals surface area contributed by atoms with Gasteiger partial charge in [-0.15, -0.1) is 0 Å². The van der Waals surface area contributed by atoms with Crippen LogP contribution < -0.4 is 5.73 Å². The minimum absolute atomic E-state index is 0.0779. The number of primary amides is 1. The van der Waals surface area contributed by atoms with Crippen molar-refractivity contribution in [2.45, 2.75) is 37.7 Å². The first kappa shape index (κ1) is 14.4. The van der Waals surface area contributed by atoms with Gasteiger partial charge in [0.25, 0.3) is 5.69 Å². The fourth-order valence-corrected chi connectivity index (χ4v) is 3.28. The van der Waals surface area contributed by atoms with Crippen LogP contribution >= 0.6 is 0 Å². The van der Waals surface area contributed by atoms with Gasteiger partial charge in [0.2, 0.25) is 0 Å². The molecule has 1 aliphatic rings. The number of fused-ring (bicyclic) bond motifs is 1. The van der Waals surface area contributed by atoms with E-state index in [4.69, 9.17) is 10.5 Å². The minimum Gasteiger partial charge on any atom is -0.446 e. The van der Waals surface area contributed by atoms with E-state index in [1.54, 1.807) is 12.1 Å². The average molecular weight is 303 g/mol. The molecule has 22 heavy (non-hydrogen) atoms. The number of nitro benzene ring substituents is 1. The van der Waals surface area contributed by atoms with Crippen LogP contribution in [0.2, 0.25) is 0 Å². The van der Waals surface area contributed by atoms with E-state index in [0.717, 1.165) is 35.7 Å². The molecule has 1 aromatic heterocycles. The van der Waals surface area contributed by atoms with Gasteiger partial charge in [-0.25, -0.2) is 4.79 Å². The highest BCUT2D eigenvalue weighted by Gasteiger charge is 2.27. The molecule has 0 aliphatic heterocycles. The smallest absolute Gasteiger partial charge is 0.404 e. The number of nitro groups is 1. The second-order valence-electron chi connectivity index (χ2n) is 5.65. The van der Waals surface area contributed by atoms with E-state index in [0.29, 0.717) is 6.42 Å². The molecule has 0 radical (unpaired) electrons. The van der Waals surface area contributed by atoms with E-state index in [9.17, 15) is 14.9 Å². The number of rotatable bonds is 3. The van der Waals surface area contributed by atoms with Gasteiger partial charge in [-0.3, -0.25) is 10.1 Å². The molecular formula is C15H17N3O4. The molecule has 0 bridgehead atoms. The van der Waals surface area contributed by atoms with Crippen LogP contribution in [-0.2, 0) is 4.74 Å². The lowest BCUT2D eigenvalue weighted by Gasteiger charge is -2.28. The Hall–Kier alpha value is -2.57. The summed E-state index contributed by atoms with van der Waals surface area (Å²) in [5.41, 5.74) is 7.08. The maximum absolute atomic E-state index is 11.0. The second-order valence-corrected chi connectivity index (χ2v) is 5.65. The number of non-ortho nitro benzene ring substituents is 1. The maximum Gasteiger partial charge on any atom is 0.404 e. The topological polar surface area (TPSA) is 111 Å². The summed E-state index contributed by atoms with van der Waals surface area (Å²) in [6.07, 6.45) is 4.37. The van der Waals surface area contributed by atoms with Crippen molar-refractivity contribution in [2.75, 3.05) is 0 Å². The van der Waals surface area contributed by atoms with Gasteiger partial charge in [0.05, 0.1) is 4.92 Å². The van der Waals surface area contributed by atoms with Crippen LogP contribution in [-0.4, -0.2) is 22.1 Å². The molecule has 1 saturated carbocycles. The molecule has 116 valence electrons. The SMILES string of the molecule is NC(=O)OC1CCCC(c2c[nH]c3ccc([N+](=O)[O-])cc23)C1. The van der Waals surface area contributed by atoms with Crippen molar-refractivity contribution in [3.63, 3.8) is 0 Å². The van der Waals surface area contributed by atoms with E-state index < -0.39 is 11.0 Å². The van der Waals surface area contributed by atoms with Gasteiger partial charge < -0.3 is 15.5 Å². The van der Waals surface area contributed by atoms with Gasteiger partial charge in [0.1, 0.15) is 6.10 Å². The van der Waals surface area contributed by atoms with Gasteiger partial charge in [-0.05, 0) is 43.2 Å². The number of hydrogen-bond acceptors (Lipinski definition) is 4. The zero-order chi connectivity index (χ0) is 15.7. The number of aromatic nitrogens is 1. The summed E-state index contributed by atoms with van der Waals surface area (Å²) < 4.78 is 5.11. The normalized spacial score (nSPS) is 21.6. The molecule has 2 aromatic rings. The van der Waals surface area contributed by atoms with Gasteiger partial charge in [-0.1, -0.05) is 0 Å². The van der Waals surface area contributed by atoms with Crippen LogP contribution in [0.4, 0.5) is 10.5 Å². The first-order chi connectivity index (χ1) is 10.5. The monoisotopic (exact) mass is 303 g/mol. The predicted molar refractivity (Wildman–Crippen MR) is 80.6 cm³/mol. The van der Waals surface area contributed by atoms with Crippen molar-refractivity contribution >= 4 is 22.7 Å². The van der Waals surface area contributed by atoms with Crippen LogP contribution in [0, 0.1) is 10.1 Å². The highest BCUT2D eigenvalue weighted by Crippen LogP contribution is 2.38. The molecule has 1 aliphatic carbocycles. The molecule has 3 rings (SSSR count). The fourth-order valence-electron chi connectivity index (χ4n) is 3.28. The summed E-state index contributed by atoms with van der Waals surface area (Å²) in [7, 11) is 0. The molecule has 0 saturated heterocycles. The quantitative estimate of drug-likeness (QED) is 0.669. The van der Waals surface area contributed by atoms with Crippen LogP contribution in [0.25, 0.3) is 10.9 Å². The van der Waals surface area contributed by atoms with Gasteiger partial charge in [0.15, 0.2) is 0 Å². The number of carbonyl (C=O) groups is 1. The second kappa shape index (κ2) is 5.67. The van der Waals surface area contributed by atoms with Crippen molar-refractivity contribution < 1.29 is 14.5 Å². The standard InChI is InChI=1S/C15H17N3O4/c16-15(19)22-11-3-1-2-9(6-11)13-8-17-14-5-4-10(18(20)21)7-12(13)14/h4-5,7-9,11,17H,1-3,6H2,(H2,16,19). The largest absolute Gasteiger partial charge is 0.446 e. The maximum atomic E-state index is 11.0. The van der Waals surface area contributed by atoms with Crippen LogP contribution in [0.15, 0.2) is 24.4 Å². The Labute approximate surface area is 126 Å². The third-order valence-electron chi connectivity index (χ3n) is 4.26. The molecule has 1 aromatic carbocycles. The number of hydrogen-bond donors (Lipinski definition) is 2. The van der Waals surface area contributed by atoms with E-state index in [2.05, 4.69) is 4.98 Å². The molecule has 7 nitrogen and oxygen atoms in total. The summed E-state index contributed by atoms with van der Waals surface area (Å²) in [6, 6.07) is 4.80. The number of ether oxygens (including phenoxy) is 1. The molecule has 1 heterocycles. The molecule has 2 atom stereocenters. The van der Waals surface area contributed by atoms with E-state index in [1.807, 2.05) is 6.20 Å². The summed E-state index contributed by atoms with van der Waals surface area (Å²) in [5.74, 6) is 0.203. The summed E-state index contributed by atoms with van der Waals surface area (Å²) in [6.45, 7) is 0. The van der Waals surface area contributed by atoms with Gasteiger partial charge >= 0.3 is 6.09 Å². The average Bonchev–Trinajstić information content (AvgIpc) is 2.89. The zero-order valence-corrected chi connectivity index (χ0v) is 12.0. The zero-order valence-electron chi connectivity index (χ0n) is 12.0. The fraction of sp³-hybridized carbons (Fsp3) is 0.400. The van der Waals surface area contributed by atoms with Crippen molar-refractivity contribution in [2.24, 2.45) is 5.73 Å². The highest BCUT2D eigenvalue weighted by molar-refractivity contribution is 5.86. The third-order valence-corrected chi connectivity index (χ3v) is 4.26. The first-order valence-electron chi connectivity index (χ1n) is 7.26. The predicted octanol–water partition coefficient (Wildman–Crippen LogP) is 3.20. The molecule has 2 unspecified atom stereocenters. The van der Waals surface area contributed by atoms with E-state index in [-0.39, 0.29) is 17.7 Å². The number of carbonyl (C=O) groups excluding carboxylic acids is 1. The Morgan fingerprint density at radius 3 is 2.95 bits per heavy atom. The van der Waals surface area contributed by atoms with Crippen molar-refractivity contribution in [3.05, 3.63) is 40.1 Å². The molecule has 0 spiro atoms. The molecule has 3 N–H and O–H groups in total. The van der Waals surface area contributed by atoms with Crippen LogP contribution in [0.5, 0.6) is 0 Å². The molecule has 1 fully saturated rings. The Balaban J connectivity index is 1.90. The van der Waals surface area contributed by atoms with E-state index in [1.165, 1.54) is 6.07 Å². The Kier molecular flexibility index (Phi) is 3.70. The third kappa shape index (κ3) is 2.74. The lowest BCUT2D eigenvalue weighted by atomic mass is 9.82. The highest BCUT2D eigenvalue weighted by atomic mass is 16.6. The number of H-pyrrole nitrogens is 1. The van der Waals surface area contributed by atoms with Crippen LogP contribution in [0.3, 0.4) is 0 Å². The number of benzene rings is 1. The number of nitrogens with zero attached hydrogens (tertiary/aromatic N) is 1. The van der Waals surface area contributed by atoms with E-state index >= 15 is 0 Å². The Morgan fingerprint density at radius 1 is 1.41 bits per heavy atom. The number of nitrogens with two attached hydrogens (primary N) is 1. The van der Waals surface area contributed by atoms with Crippen LogP contribution in [0.1, 0.15) is 37.2 Å². The number of amides is 1. The lowest BCUT2D eigenvalue weighted by Crippen LogP contribution is -2.27. The minimum atomic E-state index is -0.750. The molecular weight excluding hydrogens is 286 g/mol.